The summed E-state index contributed by atoms with van der Waals surface area (Å²) in [6.07, 6.45) is 1.04. The molecule has 0 aliphatic carbocycles. The minimum Gasteiger partial charge on any atom is -0.497 e. The summed E-state index contributed by atoms with van der Waals surface area (Å²) in [5, 5.41) is 10.2. The van der Waals surface area contributed by atoms with Gasteiger partial charge in [-0.15, -0.1) is 11.3 Å². The van der Waals surface area contributed by atoms with E-state index in [2.05, 4.69) is 24.4 Å². The van der Waals surface area contributed by atoms with Crippen molar-refractivity contribution >= 4 is 23.1 Å². The molecule has 1 atom stereocenters. The lowest BCUT2D eigenvalue weighted by molar-refractivity contribution is -0.128. The first-order chi connectivity index (χ1) is 10.9. The number of nitrogens with zero attached hydrogens (tertiary/aromatic N) is 1. The lowest BCUT2D eigenvalue weighted by Gasteiger charge is -2.36. The predicted octanol–water partition coefficient (Wildman–Crippen LogP) is 3.91. The monoisotopic (exact) mass is 328 g/mol. The normalized spacial score (nSPS) is 21.6. The molecule has 1 fully saturated rings. The molecule has 1 saturated heterocycles. The number of methoxy groups -OCH3 is 1. The zero-order valence-corrected chi connectivity index (χ0v) is 14.4. The molecule has 0 spiro atoms. The van der Waals surface area contributed by atoms with E-state index < -0.39 is 0 Å². The Morgan fingerprint density at radius 2 is 2.04 bits per heavy atom. The van der Waals surface area contributed by atoms with E-state index in [9.17, 15) is 4.79 Å². The first-order valence-corrected chi connectivity index (χ1v) is 8.38. The number of hydrogen-bond donors (Lipinski definition) is 1. The van der Waals surface area contributed by atoms with E-state index in [1.54, 1.807) is 25.5 Å². The van der Waals surface area contributed by atoms with Gasteiger partial charge in [0.25, 0.3) is 0 Å². The molecule has 0 saturated carbocycles. The van der Waals surface area contributed by atoms with Crippen molar-refractivity contribution in [3.05, 3.63) is 40.6 Å². The van der Waals surface area contributed by atoms with Crippen LogP contribution in [0.25, 0.3) is 11.1 Å². The number of amidine groups is 1. The fourth-order valence-electron chi connectivity index (χ4n) is 2.93. The van der Waals surface area contributed by atoms with Gasteiger partial charge in [0.2, 0.25) is 5.91 Å². The highest BCUT2D eigenvalue weighted by molar-refractivity contribution is 7.10. The van der Waals surface area contributed by atoms with Gasteiger partial charge in [-0.2, -0.15) is 0 Å². The van der Waals surface area contributed by atoms with Crippen molar-refractivity contribution in [3.8, 4) is 16.9 Å². The van der Waals surface area contributed by atoms with Crippen molar-refractivity contribution in [2.75, 3.05) is 14.2 Å². The van der Waals surface area contributed by atoms with Crippen molar-refractivity contribution in [1.29, 1.82) is 5.41 Å². The maximum absolute atomic E-state index is 12.1. The molecule has 120 valence electrons. The van der Waals surface area contributed by atoms with E-state index in [1.165, 1.54) is 4.90 Å². The quantitative estimate of drug-likeness (QED) is 0.928. The molecular weight excluding hydrogens is 308 g/mol. The highest BCUT2D eigenvalue weighted by atomic mass is 32.1. The minimum absolute atomic E-state index is 0.0140. The molecule has 2 aromatic rings. The zero-order chi connectivity index (χ0) is 16.6. The number of rotatable bonds is 3. The zero-order valence-electron chi connectivity index (χ0n) is 13.6. The Morgan fingerprint density at radius 3 is 2.74 bits per heavy atom. The maximum atomic E-state index is 12.1. The number of benzene rings is 1. The lowest BCUT2D eigenvalue weighted by atomic mass is 9.78. The Hall–Kier alpha value is -2.14. The van der Waals surface area contributed by atoms with Crippen molar-refractivity contribution in [3.63, 3.8) is 0 Å². The number of hydrogen-bond acceptors (Lipinski definition) is 4. The molecule has 0 unspecified atom stereocenters. The summed E-state index contributed by atoms with van der Waals surface area (Å²) in [5.74, 6) is 1.23. The van der Waals surface area contributed by atoms with Gasteiger partial charge in [-0.3, -0.25) is 10.2 Å². The van der Waals surface area contributed by atoms with Crippen LogP contribution in [0.1, 0.15) is 24.6 Å². The second kappa shape index (κ2) is 5.81. The summed E-state index contributed by atoms with van der Waals surface area (Å²) in [6.45, 7) is 2.08. The first-order valence-electron chi connectivity index (χ1n) is 7.50. The molecule has 1 aliphatic heterocycles. The van der Waals surface area contributed by atoms with Crippen LogP contribution < -0.4 is 4.74 Å². The van der Waals surface area contributed by atoms with Crippen molar-refractivity contribution in [2.24, 2.45) is 0 Å². The van der Waals surface area contributed by atoms with Crippen LogP contribution >= 0.6 is 11.3 Å². The molecule has 1 N–H and O–H groups in total. The number of likely N-dealkylation sites (tertiary alicyclic amines) is 1. The number of thiophene rings is 1. The van der Waals surface area contributed by atoms with Gasteiger partial charge in [0.1, 0.15) is 11.6 Å². The maximum Gasteiger partial charge on any atom is 0.228 e. The van der Waals surface area contributed by atoms with Crippen LogP contribution in [0, 0.1) is 5.41 Å². The van der Waals surface area contributed by atoms with Crippen LogP contribution in [0.4, 0.5) is 0 Å². The largest absolute Gasteiger partial charge is 0.497 e. The molecule has 1 amide bonds. The third-order valence-corrected chi connectivity index (χ3v) is 5.71. The summed E-state index contributed by atoms with van der Waals surface area (Å²) in [7, 11) is 3.34. The SMILES string of the molecule is COc1cccc(-c2csc([C@@]3(C)CC(=N)N(C)C(=O)C3)c2)c1. The van der Waals surface area contributed by atoms with E-state index in [4.69, 9.17) is 10.1 Å². The number of carbonyl (C=O) groups is 1. The molecule has 0 radical (unpaired) electrons. The highest BCUT2D eigenvalue weighted by Crippen LogP contribution is 2.41. The van der Waals surface area contributed by atoms with Gasteiger partial charge in [0, 0.05) is 30.2 Å². The van der Waals surface area contributed by atoms with Crippen LogP contribution in [-0.4, -0.2) is 30.8 Å². The summed E-state index contributed by atoms with van der Waals surface area (Å²) in [5.41, 5.74) is 1.94. The van der Waals surface area contributed by atoms with Crippen LogP contribution in [0.15, 0.2) is 35.7 Å². The van der Waals surface area contributed by atoms with Crippen molar-refractivity contribution in [2.45, 2.75) is 25.2 Å². The van der Waals surface area contributed by atoms with Crippen LogP contribution in [-0.2, 0) is 10.2 Å². The van der Waals surface area contributed by atoms with Crippen molar-refractivity contribution < 1.29 is 9.53 Å². The molecule has 0 bridgehead atoms. The number of nitrogens with one attached hydrogen (secondary N) is 1. The average molecular weight is 328 g/mol. The molecule has 4 nitrogen and oxygen atoms in total. The fraction of sp³-hybridized carbons (Fsp3) is 0.333. The number of piperidine rings is 1. The highest BCUT2D eigenvalue weighted by Gasteiger charge is 2.39. The second-order valence-corrected chi connectivity index (χ2v) is 7.16. The molecular formula is C18H20N2O2S. The Balaban J connectivity index is 1.92. The number of amides is 1. The van der Waals surface area contributed by atoms with Gasteiger partial charge in [-0.05, 0) is 34.7 Å². The molecule has 2 heterocycles. The third kappa shape index (κ3) is 2.88. The molecule has 1 aromatic heterocycles. The smallest absolute Gasteiger partial charge is 0.228 e. The Labute approximate surface area is 140 Å². The van der Waals surface area contributed by atoms with Gasteiger partial charge in [-0.1, -0.05) is 19.1 Å². The summed E-state index contributed by atoms with van der Waals surface area (Å²) < 4.78 is 5.28. The van der Waals surface area contributed by atoms with Gasteiger partial charge in [0.05, 0.1) is 7.11 Å². The Kier molecular flexibility index (Phi) is 3.98. The standard InChI is InChI=1S/C18H20N2O2S/c1-18(9-16(19)20(2)17(21)10-18)15-8-13(11-23-15)12-5-4-6-14(7-12)22-3/h4-8,11,19H,9-10H2,1-3H3/t18-/m0/s1. The Bertz CT molecular complexity index is 748. The topological polar surface area (TPSA) is 53.4 Å². The molecule has 1 aliphatic rings. The van der Waals surface area contributed by atoms with Gasteiger partial charge < -0.3 is 9.64 Å². The van der Waals surface area contributed by atoms with Crippen molar-refractivity contribution in [1.82, 2.24) is 4.90 Å². The second-order valence-electron chi connectivity index (χ2n) is 6.25. The average Bonchev–Trinajstić information content (AvgIpc) is 3.03. The van der Waals surface area contributed by atoms with E-state index in [1.807, 2.05) is 18.2 Å². The molecule has 23 heavy (non-hydrogen) atoms. The third-order valence-electron chi connectivity index (χ3n) is 4.48. The van der Waals surface area contributed by atoms with Crippen LogP contribution in [0.2, 0.25) is 0 Å². The fourth-order valence-corrected chi connectivity index (χ4v) is 4.02. The minimum atomic E-state index is -0.289. The Morgan fingerprint density at radius 1 is 1.26 bits per heavy atom. The van der Waals surface area contributed by atoms with E-state index in [-0.39, 0.29) is 11.3 Å². The molecule has 1 aromatic carbocycles. The first kappa shape index (κ1) is 15.7. The number of carbonyl (C=O) groups excluding carboxylic acids is 1. The summed E-state index contributed by atoms with van der Waals surface area (Å²) >= 11 is 1.66. The molecule has 3 rings (SSSR count). The summed E-state index contributed by atoms with van der Waals surface area (Å²) in [4.78, 5) is 14.7. The van der Waals surface area contributed by atoms with Crippen LogP contribution in [0.3, 0.4) is 0 Å². The number of ether oxygens (including phenoxy) is 1. The van der Waals surface area contributed by atoms with E-state index in [0.717, 1.165) is 21.8 Å². The van der Waals surface area contributed by atoms with Gasteiger partial charge >= 0.3 is 0 Å². The lowest BCUT2D eigenvalue weighted by Crippen LogP contribution is -2.46. The summed E-state index contributed by atoms with van der Waals surface area (Å²) in [6, 6.07) is 10.1. The predicted molar refractivity (Wildman–Crippen MR) is 93.4 cm³/mol. The van der Waals surface area contributed by atoms with E-state index >= 15 is 0 Å². The van der Waals surface area contributed by atoms with Gasteiger partial charge in [-0.25, -0.2) is 0 Å². The van der Waals surface area contributed by atoms with Gasteiger partial charge in [0.15, 0.2) is 0 Å². The molecule has 5 heteroatoms. The van der Waals surface area contributed by atoms with Crippen LogP contribution in [0.5, 0.6) is 5.75 Å². The van der Waals surface area contributed by atoms with E-state index in [0.29, 0.717) is 18.7 Å².